The van der Waals surface area contributed by atoms with E-state index >= 15 is 0 Å². The van der Waals surface area contributed by atoms with Gasteiger partial charge >= 0.3 is 0 Å². The number of nitrogen functional groups attached to an aromatic ring is 1. The molecule has 3 N–H and O–H groups in total. The summed E-state index contributed by atoms with van der Waals surface area (Å²) in [6.45, 7) is 1.22. The SMILES string of the molecule is Nc1nc(OCC2CCCO2)c2cc(-c3ccc(C(=O)NC4CC4)cc3)ccc2n1. The molecule has 3 aromatic rings. The molecule has 2 fully saturated rings. The third-order valence-corrected chi connectivity index (χ3v) is 5.50. The van der Waals surface area contributed by atoms with E-state index in [1.807, 2.05) is 42.5 Å². The lowest BCUT2D eigenvalue weighted by molar-refractivity contribution is 0.0669. The number of hydrogen-bond acceptors (Lipinski definition) is 6. The van der Waals surface area contributed by atoms with Crippen LogP contribution in [0.15, 0.2) is 42.5 Å². The number of amides is 1. The van der Waals surface area contributed by atoms with Gasteiger partial charge in [-0.3, -0.25) is 4.79 Å². The average Bonchev–Trinajstić information content (AvgIpc) is 3.42. The molecule has 0 radical (unpaired) electrons. The number of nitrogens with two attached hydrogens (primary N) is 1. The molecule has 30 heavy (non-hydrogen) atoms. The summed E-state index contributed by atoms with van der Waals surface area (Å²) in [4.78, 5) is 20.8. The number of hydrogen-bond donors (Lipinski definition) is 2. The molecule has 1 amide bonds. The van der Waals surface area contributed by atoms with E-state index in [0.717, 1.165) is 54.3 Å². The van der Waals surface area contributed by atoms with Crippen LogP contribution >= 0.6 is 0 Å². The Morgan fingerprint density at radius 1 is 1.10 bits per heavy atom. The van der Waals surface area contributed by atoms with E-state index in [-0.39, 0.29) is 18.0 Å². The van der Waals surface area contributed by atoms with Gasteiger partial charge in [-0.2, -0.15) is 4.98 Å². The Morgan fingerprint density at radius 2 is 1.90 bits per heavy atom. The average molecular weight is 404 g/mol. The van der Waals surface area contributed by atoms with Crippen molar-refractivity contribution < 1.29 is 14.3 Å². The second-order valence-corrected chi connectivity index (χ2v) is 7.89. The first-order valence-corrected chi connectivity index (χ1v) is 10.4. The molecule has 5 rings (SSSR count). The van der Waals surface area contributed by atoms with Crippen LogP contribution in [0.1, 0.15) is 36.0 Å². The van der Waals surface area contributed by atoms with Crippen LogP contribution in [-0.2, 0) is 4.74 Å². The van der Waals surface area contributed by atoms with Gasteiger partial charge in [-0.1, -0.05) is 18.2 Å². The van der Waals surface area contributed by atoms with Crippen LogP contribution in [0.5, 0.6) is 5.88 Å². The second-order valence-electron chi connectivity index (χ2n) is 7.89. The summed E-state index contributed by atoms with van der Waals surface area (Å²) in [5.74, 6) is 0.634. The molecule has 1 atom stereocenters. The Morgan fingerprint density at radius 3 is 2.63 bits per heavy atom. The van der Waals surface area contributed by atoms with Gasteiger partial charge < -0.3 is 20.5 Å². The van der Waals surface area contributed by atoms with Crippen LogP contribution in [0.25, 0.3) is 22.0 Å². The van der Waals surface area contributed by atoms with Crippen LogP contribution < -0.4 is 15.8 Å². The Hall–Kier alpha value is -3.19. The Balaban J connectivity index is 1.40. The van der Waals surface area contributed by atoms with E-state index in [0.29, 0.717) is 24.1 Å². The van der Waals surface area contributed by atoms with Crippen molar-refractivity contribution in [3.05, 3.63) is 48.0 Å². The third-order valence-electron chi connectivity index (χ3n) is 5.50. The number of anilines is 1. The van der Waals surface area contributed by atoms with E-state index in [9.17, 15) is 4.79 Å². The fourth-order valence-corrected chi connectivity index (χ4v) is 3.67. The number of nitrogens with zero attached hydrogens (tertiary/aromatic N) is 2. The zero-order valence-electron chi connectivity index (χ0n) is 16.6. The number of ether oxygens (including phenoxy) is 2. The first kappa shape index (κ1) is 18.8. The van der Waals surface area contributed by atoms with Gasteiger partial charge in [0, 0.05) is 18.2 Å². The van der Waals surface area contributed by atoms with Gasteiger partial charge in [0.2, 0.25) is 11.8 Å². The maximum absolute atomic E-state index is 12.2. The van der Waals surface area contributed by atoms with Crippen molar-refractivity contribution in [1.29, 1.82) is 0 Å². The summed E-state index contributed by atoms with van der Waals surface area (Å²) >= 11 is 0. The Labute approximate surface area is 174 Å². The third kappa shape index (κ3) is 4.07. The molecular formula is C23H24N4O3. The zero-order chi connectivity index (χ0) is 20.5. The van der Waals surface area contributed by atoms with E-state index in [2.05, 4.69) is 15.3 Å². The zero-order valence-corrected chi connectivity index (χ0v) is 16.6. The summed E-state index contributed by atoms with van der Waals surface area (Å²) in [6.07, 6.45) is 4.29. The maximum atomic E-state index is 12.2. The van der Waals surface area contributed by atoms with E-state index in [1.54, 1.807) is 0 Å². The highest BCUT2D eigenvalue weighted by atomic mass is 16.5. The van der Waals surface area contributed by atoms with Crippen molar-refractivity contribution in [1.82, 2.24) is 15.3 Å². The fourth-order valence-electron chi connectivity index (χ4n) is 3.67. The normalized spacial score (nSPS) is 18.5. The number of carbonyl (C=O) groups is 1. The summed E-state index contributed by atoms with van der Waals surface area (Å²) in [6, 6.07) is 13.9. The van der Waals surface area contributed by atoms with Crippen LogP contribution in [0.4, 0.5) is 5.95 Å². The topological polar surface area (TPSA) is 99.4 Å². The summed E-state index contributed by atoms with van der Waals surface area (Å²) in [7, 11) is 0. The summed E-state index contributed by atoms with van der Waals surface area (Å²) in [5.41, 5.74) is 9.26. The quantitative estimate of drug-likeness (QED) is 0.654. The lowest BCUT2D eigenvalue weighted by atomic mass is 10.0. The highest BCUT2D eigenvalue weighted by Crippen LogP contribution is 2.30. The number of aromatic nitrogens is 2. The lowest BCUT2D eigenvalue weighted by Crippen LogP contribution is -2.25. The molecule has 2 heterocycles. The smallest absolute Gasteiger partial charge is 0.251 e. The number of fused-ring (bicyclic) bond motifs is 1. The minimum Gasteiger partial charge on any atom is -0.474 e. The van der Waals surface area contributed by atoms with Crippen LogP contribution in [-0.4, -0.2) is 41.2 Å². The van der Waals surface area contributed by atoms with Crippen molar-refractivity contribution >= 4 is 22.8 Å². The summed E-state index contributed by atoms with van der Waals surface area (Å²) in [5, 5.41) is 3.81. The Kier molecular flexibility index (Phi) is 4.96. The monoisotopic (exact) mass is 404 g/mol. The van der Waals surface area contributed by atoms with E-state index in [4.69, 9.17) is 15.2 Å². The number of benzene rings is 2. The molecule has 0 bridgehead atoms. The first-order valence-electron chi connectivity index (χ1n) is 10.4. The van der Waals surface area contributed by atoms with Gasteiger partial charge in [0.15, 0.2) is 0 Å². The molecule has 1 saturated carbocycles. The standard InChI is InChI=1S/C23H24N4O3/c24-23-26-20-10-7-16(12-19(20)22(27-23)30-13-18-2-1-11-29-18)14-3-5-15(6-4-14)21(28)25-17-8-9-17/h3-7,10,12,17-18H,1-2,8-9,11,13H2,(H,25,28)(H2,24,26,27). The lowest BCUT2D eigenvalue weighted by Gasteiger charge is -2.13. The molecule has 1 saturated heterocycles. The molecule has 1 unspecified atom stereocenters. The van der Waals surface area contributed by atoms with Crippen LogP contribution in [0.3, 0.4) is 0 Å². The number of nitrogens with one attached hydrogen (secondary N) is 1. The molecule has 1 aliphatic carbocycles. The predicted molar refractivity (Wildman–Crippen MR) is 114 cm³/mol. The number of carbonyl (C=O) groups excluding carboxylic acids is 1. The molecule has 1 aromatic heterocycles. The second kappa shape index (κ2) is 7.91. The molecular weight excluding hydrogens is 380 g/mol. The van der Waals surface area contributed by atoms with Gasteiger partial charge in [-0.05, 0) is 61.1 Å². The van der Waals surface area contributed by atoms with Gasteiger partial charge in [0.05, 0.1) is 17.0 Å². The number of rotatable bonds is 6. The predicted octanol–water partition coefficient (Wildman–Crippen LogP) is 3.33. The van der Waals surface area contributed by atoms with Gasteiger partial charge in [0.25, 0.3) is 5.91 Å². The molecule has 0 spiro atoms. The van der Waals surface area contributed by atoms with E-state index < -0.39 is 0 Å². The van der Waals surface area contributed by atoms with Crippen molar-refractivity contribution in [2.45, 2.75) is 37.8 Å². The van der Waals surface area contributed by atoms with Gasteiger partial charge in [0.1, 0.15) is 6.61 Å². The van der Waals surface area contributed by atoms with E-state index in [1.165, 1.54) is 0 Å². The fraction of sp³-hybridized carbons (Fsp3) is 0.348. The summed E-state index contributed by atoms with van der Waals surface area (Å²) < 4.78 is 11.6. The van der Waals surface area contributed by atoms with Crippen molar-refractivity contribution in [3.63, 3.8) is 0 Å². The molecule has 2 aliphatic rings. The van der Waals surface area contributed by atoms with Gasteiger partial charge in [-0.15, -0.1) is 0 Å². The van der Waals surface area contributed by atoms with Crippen molar-refractivity contribution in [2.24, 2.45) is 0 Å². The largest absolute Gasteiger partial charge is 0.474 e. The molecule has 154 valence electrons. The Bertz CT molecular complexity index is 1070. The van der Waals surface area contributed by atoms with Gasteiger partial charge in [-0.25, -0.2) is 4.98 Å². The van der Waals surface area contributed by atoms with Crippen LogP contribution in [0, 0.1) is 0 Å². The molecule has 2 aromatic carbocycles. The molecule has 1 aliphatic heterocycles. The minimum absolute atomic E-state index is 0.0174. The molecule has 7 nitrogen and oxygen atoms in total. The highest BCUT2D eigenvalue weighted by molar-refractivity contribution is 5.95. The molecule has 7 heteroatoms. The van der Waals surface area contributed by atoms with Crippen molar-refractivity contribution in [2.75, 3.05) is 18.9 Å². The van der Waals surface area contributed by atoms with Crippen molar-refractivity contribution in [3.8, 4) is 17.0 Å². The van der Waals surface area contributed by atoms with Crippen LogP contribution in [0.2, 0.25) is 0 Å². The minimum atomic E-state index is -0.0174. The maximum Gasteiger partial charge on any atom is 0.251 e. The first-order chi connectivity index (χ1) is 14.7. The highest BCUT2D eigenvalue weighted by Gasteiger charge is 2.23.